The summed E-state index contributed by atoms with van der Waals surface area (Å²) >= 11 is 0. The summed E-state index contributed by atoms with van der Waals surface area (Å²) in [5, 5.41) is 8.37. The van der Waals surface area contributed by atoms with Crippen LogP contribution in [0.2, 0.25) is 0 Å². The van der Waals surface area contributed by atoms with Crippen molar-refractivity contribution in [2.24, 2.45) is 0 Å². The first-order valence-corrected chi connectivity index (χ1v) is 5.77. The number of nitriles is 1. The summed E-state index contributed by atoms with van der Waals surface area (Å²) in [6.45, 7) is 0. The number of benzene rings is 1. The molecule has 0 saturated heterocycles. The quantitative estimate of drug-likeness (QED) is 0.761. The van der Waals surface area contributed by atoms with Crippen molar-refractivity contribution in [2.45, 2.75) is 0 Å². The van der Waals surface area contributed by atoms with Crippen molar-refractivity contribution < 1.29 is 8.42 Å². The van der Waals surface area contributed by atoms with Crippen molar-refractivity contribution in [3.63, 3.8) is 0 Å². The van der Waals surface area contributed by atoms with Gasteiger partial charge in [-0.1, -0.05) is 0 Å². The van der Waals surface area contributed by atoms with Crippen molar-refractivity contribution >= 4 is 21.4 Å². The van der Waals surface area contributed by atoms with E-state index in [0.29, 0.717) is 11.4 Å². The number of anilines is 2. The third-order valence-electron chi connectivity index (χ3n) is 1.92. The zero-order valence-corrected chi connectivity index (χ0v) is 9.03. The molecule has 0 saturated carbocycles. The van der Waals surface area contributed by atoms with Gasteiger partial charge in [-0.2, -0.15) is 5.26 Å². The van der Waals surface area contributed by atoms with Gasteiger partial charge in [0.1, 0.15) is 0 Å². The predicted molar refractivity (Wildman–Crippen MR) is 58.7 cm³/mol. The monoisotopic (exact) mass is 225 g/mol. The van der Waals surface area contributed by atoms with Gasteiger partial charge in [0.05, 0.1) is 11.8 Å². The van der Waals surface area contributed by atoms with Gasteiger partial charge in [0.2, 0.25) is 10.0 Å². The van der Waals surface area contributed by atoms with Crippen molar-refractivity contribution in [3.8, 4) is 6.07 Å². The van der Waals surface area contributed by atoms with E-state index in [0.717, 1.165) is 4.31 Å². The number of nitrogens with zero attached hydrogens (tertiary/aromatic N) is 2. The van der Waals surface area contributed by atoms with Crippen LogP contribution in [0.3, 0.4) is 0 Å². The maximum atomic E-state index is 11.5. The van der Waals surface area contributed by atoms with Gasteiger partial charge in [-0.15, -0.1) is 0 Å². The number of hydrogen-bond donors (Lipinski definition) is 1. The third kappa shape index (κ3) is 2.60. The zero-order valence-electron chi connectivity index (χ0n) is 8.21. The molecule has 0 aliphatic heterocycles. The van der Waals surface area contributed by atoms with E-state index < -0.39 is 15.8 Å². The number of nitrogen functional groups attached to an aromatic ring is 1. The predicted octanol–water partition coefficient (Wildman–Crippen LogP) is 0.558. The summed E-state index contributed by atoms with van der Waals surface area (Å²) in [5.74, 6) is -0.534. The molecule has 0 aliphatic carbocycles. The highest BCUT2D eigenvalue weighted by atomic mass is 32.2. The average molecular weight is 225 g/mol. The molecular weight excluding hydrogens is 214 g/mol. The Labute approximate surface area is 88.8 Å². The lowest BCUT2D eigenvalue weighted by atomic mass is 10.3. The highest BCUT2D eigenvalue weighted by molar-refractivity contribution is 7.92. The molecule has 2 N–H and O–H groups in total. The standard InChI is InChI=1S/C9H11N3O2S/c1-12(15(13,14)7-6-10)9-4-2-8(11)3-5-9/h2-5H,7,11H2,1H3. The molecule has 0 unspecified atom stereocenters. The first-order valence-electron chi connectivity index (χ1n) is 4.16. The fourth-order valence-electron chi connectivity index (χ4n) is 1.02. The molecule has 0 bridgehead atoms. The molecule has 6 heteroatoms. The molecular formula is C9H11N3O2S. The van der Waals surface area contributed by atoms with E-state index in [-0.39, 0.29) is 0 Å². The molecule has 0 fully saturated rings. The maximum Gasteiger partial charge on any atom is 0.248 e. The molecule has 0 radical (unpaired) electrons. The van der Waals surface area contributed by atoms with Crippen molar-refractivity contribution in [1.82, 2.24) is 0 Å². The van der Waals surface area contributed by atoms with E-state index in [1.54, 1.807) is 30.3 Å². The Balaban J connectivity index is 3.00. The number of sulfonamides is 1. The average Bonchev–Trinajstić information content (AvgIpc) is 2.18. The minimum absolute atomic E-state index is 0.486. The number of rotatable bonds is 3. The fourth-order valence-corrected chi connectivity index (χ4v) is 1.82. The second-order valence-electron chi connectivity index (χ2n) is 2.97. The van der Waals surface area contributed by atoms with Gasteiger partial charge >= 0.3 is 0 Å². The Kier molecular flexibility index (Phi) is 3.17. The van der Waals surface area contributed by atoms with Gasteiger partial charge in [-0.3, -0.25) is 4.31 Å². The Hall–Kier alpha value is -1.74. The van der Waals surface area contributed by atoms with Crippen molar-refractivity contribution in [1.29, 1.82) is 5.26 Å². The molecule has 0 amide bonds. The van der Waals surface area contributed by atoms with Crippen LogP contribution in [0.5, 0.6) is 0 Å². The van der Waals surface area contributed by atoms with Crippen LogP contribution in [0.25, 0.3) is 0 Å². The molecule has 0 aliphatic rings. The Morgan fingerprint density at radius 1 is 1.40 bits per heavy atom. The SMILES string of the molecule is CN(c1ccc(N)cc1)S(=O)(=O)CC#N. The second-order valence-corrected chi connectivity index (χ2v) is 4.97. The zero-order chi connectivity index (χ0) is 11.5. The van der Waals surface area contributed by atoms with Crippen LogP contribution in [0.15, 0.2) is 24.3 Å². The lowest BCUT2D eigenvalue weighted by molar-refractivity contribution is 0.597. The lowest BCUT2D eigenvalue weighted by Gasteiger charge is -2.17. The largest absolute Gasteiger partial charge is 0.399 e. The molecule has 80 valence electrons. The summed E-state index contributed by atoms with van der Waals surface area (Å²) in [6.07, 6.45) is 0. The third-order valence-corrected chi connectivity index (χ3v) is 3.46. The number of hydrogen-bond acceptors (Lipinski definition) is 4. The van der Waals surface area contributed by atoms with Gasteiger partial charge in [0, 0.05) is 12.7 Å². The van der Waals surface area contributed by atoms with E-state index >= 15 is 0 Å². The molecule has 1 aromatic carbocycles. The van der Waals surface area contributed by atoms with Crippen LogP contribution >= 0.6 is 0 Å². The van der Waals surface area contributed by atoms with E-state index in [1.165, 1.54) is 7.05 Å². The highest BCUT2D eigenvalue weighted by Crippen LogP contribution is 2.17. The van der Waals surface area contributed by atoms with Crippen LogP contribution in [-0.4, -0.2) is 21.2 Å². The Bertz CT molecular complexity index is 473. The smallest absolute Gasteiger partial charge is 0.248 e. The first kappa shape index (κ1) is 11.3. The van der Waals surface area contributed by atoms with Crippen LogP contribution in [0.1, 0.15) is 0 Å². The van der Waals surface area contributed by atoms with Crippen LogP contribution < -0.4 is 10.0 Å². The van der Waals surface area contributed by atoms with Gasteiger partial charge in [0.15, 0.2) is 5.75 Å². The molecule has 0 spiro atoms. The summed E-state index contributed by atoms with van der Waals surface area (Å²) < 4.78 is 24.0. The van der Waals surface area contributed by atoms with Crippen molar-refractivity contribution in [2.75, 3.05) is 22.8 Å². The number of nitrogens with two attached hydrogens (primary N) is 1. The lowest BCUT2D eigenvalue weighted by Crippen LogP contribution is -2.28. The van der Waals surface area contributed by atoms with E-state index in [9.17, 15) is 8.42 Å². The fraction of sp³-hybridized carbons (Fsp3) is 0.222. The van der Waals surface area contributed by atoms with Crippen LogP contribution in [0.4, 0.5) is 11.4 Å². The molecule has 1 aromatic rings. The molecule has 0 heterocycles. The molecule has 5 nitrogen and oxygen atoms in total. The molecule has 15 heavy (non-hydrogen) atoms. The molecule has 0 aromatic heterocycles. The Morgan fingerprint density at radius 2 is 1.93 bits per heavy atom. The topological polar surface area (TPSA) is 87.2 Å². The second kappa shape index (κ2) is 4.19. The Morgan fingerprint density at radius 3 is 2.40 bits per heavy atom. The summed E-state index contributed by atoms with van der Waals surface area (Å²) in [4.78, 5) is 0. The van der Waals surface area contributed by atoms with Crippen molar-refractivity contribution in [3.05, 3.63) is 24.3 Å². The molecule has 0 atom stereocenters. The van der Waals surface area contributed by atoms with Crippen LogP contribution in [0, 0.1) is 11.3 Å². The minimum Gasteiger partial charge on any atom is -0.399 e. The normalized spacial score (nSPS) is 10.7. The van der Waals surface area contributed by atoms with E-state index in [4.69, 9.17) is 11.0 Å². The van der Waals surface area contributed by atoms with Gasteiger partial charge in [-0.25, -0.2) is 8.42 Å². The van der Waals surface area contributed by atoms with Gasteiger partial charge in [-0.05, 0) is 24.3 Å². The van der Waals surface area contributed by atoms with Gasteiger partial charge < -0.3 is 5.73 Å². The summed E-state index contributed by atoms with van der Waals surface area (Å²) in [6, 6.07) is 8.00. The van der Waals surface area contributed by atoms with Crippen LogP contribution in [-0.2, 0) is 10.0 Å². The highest BCUT2D eigenvalue weighted by Gasteiger charge is 2.17. The van der Waals surface area contributed by atoms with E-state index in [1.807, 2.05) is 0 Å². The van der Waals surface area contributed by atoms with E-state index in [2.05, 4.69) is 0 Å². The first-order chi connectivity index (χ1) is 6.97. The maximum absolute atomic E-state index is 11.5. The summed E-state index contributed by atoms with van der Waals surface area (Å²) in [7, 11) is -2.14. The molecule has 1 rings (SSSR count). The minimum atomic E-state index is -3.54. The van der Waals surface area contributed by atoms with Gasteiger partial charge in [0.25, 0.3) is 0 Å². The summed E-state index contributed by atoms with van der Waals surface area (Å²) in [5.41, 5.74) is 6.52.